The topological polar surface area (TPSA) is 114 Å². The Morgan fingerprint density at radius 2 is 1.15 bits per heavy atom. The summed E-state index contributed by atoms with van der Waals surface area (Å²) in [5.41, 5.74) is 0. The van der Waals surface area contributed by atoms with Gasteiger partial charge in [0.05, 0.1) is 7.11 Å². The molecule has 3 N–H and O–H groups in total. The number of esters is 1. The fraction of sp³-hybridized carbons (Fsp3) is 0.438. The first-order chi connectivity index (χ1) is 19.4. The predicted molar refractivity (Wildman–Crippen MR) is 162 cm³/mol. The molecular weight excluding hydrogens is 506 g/mol. The maximum Gasteiger partial charge on any atom is 0.330 e. The Morgan fingerprint density at radius 3 is 1.65 bits per heavy atom. The SMILES string of the molecule is CCC=CCC=CCC=CCC=CCC=CCC=CCCC(=O)NCCNC(=O)C(C)NC(=O)C=CC(=O)OC. The summed E-state index contributed by atoms with van der Waals surface area (Å²) in [6, 6.07) is -0.793. The minimum atomic E-state index is -0.793. The lowest BCUT2D eigenvalue weighted by Crippen LogP contribution is -2.46. The van der Waals surface area contributed by atoms with E-state index in [1.807, 2.05) is 12.2 Å². The number of allylic oxidation sites excluding steroid dienone is 12. The van der Waals surface area contributed by atoms with E-state index in [0.717, 1.165) is 50.7 Å². The van der Waals surface area contributed by atoms with Gasteiger partial charge >= 0.3 is 5.97 Å². The molecule has 0 aromatic heterocycles. The van der Waals surface area contributed by atoms with Gasteiger partial charge in [0.2, 0.25) is 17.7 Å². The fourth-order valence-corrected chi connectivity index (χ4v) is 3.02. The lowest BCUT2D eigenvalue weighted by molar-refractivity contribution is -0.135. The van der Waals surface area contributed by atoms with E-state index in [4.69, 9.17) is 0 Å². The number of ether oxygens (including phenoxy) is 1. The van der Waals surface area contributed by atoms with Crippen molar-refractivity contribution < 1.29 is 23.9 Å². The molecule has 220 valence electrons. The van der Waals surface area contributed by atoms with Crippen molar-refractivity contribution in [2.45, 2.75) is 71.3 Å². The van der Waals surface area contributed by atoms with Crippen molar-refractivity contribution in [3.8, 4) is 0 Å². The average molecular weight is 554 g/mol. The number of methoxy groups -OCH3 is 1. The molecule has 0 radical (unpaired) electrons. The van der Waals surface area contributed by atoms with Crippen LogP contribution in [0.1, 0.15) is 65.2 Å². The first kappa shape index (κ1) is 36.1. The molecule has 0 fully saturated rings. The van der Waals surface area contributed by atoms with Gasteiger partial charge in [-0.15, -0.1) is 0 Å². The molecule has 1 atom stereocenters. The third-order valence-corrected chi connectivity index (χ3v) is 5.21. The molecule has 0 aromatic rings. The summed E-state index contributed by atoms with van der Waals surface area (Å²) in [6.07, 6.45) is 34.4. The molecule has 0 saturated heterocycles. The zero-order valence-electron chi connectivity index (χ0n) is 24.3. The monoisotopic (exact) mass is 553 g/mol. The highest BCUT2D eigenvalue weighted by Crippen LogP contribution is 1.98. The van der Waals surface area contributed by atoms with Crippen LogP contribution in [0.5, 0.6) is 0 Å². The zero-order valence-corrected chi connectivity index (χ0v) is 24.3. The number of hydrogen-bond acceptors (Lipinski definition) is 5. The van der Waals surface area contributed by atoms with Gasteiger partial charge in [-0.3, -0.25) is 14.4 Å². The summed E-state index contributed by atoms with van der Waals surface area (Å²) in [5, 5.41) is 7.81. The van der Waals surface area contributed by atoms with Crippen molar-refractivity contribution >= 4 is 23.7 Å². The van der Waals surface area contributed by atoms with Gasteiger partial charge in [-0.2, -0.15) is 0 Å². The zero-order chi connectivity index (χ0) is 29.7. The fourth-order valence-electron chi connectivity index (χ4n) is 3.02. The van der Waals surface area contributed by atoms with Crippen LogP contribution in [0.3, 0.4) is 0 Å². The summed E-state index contributed by atoms with van der Waals surface area (Å²) >= 11 is 0. The molecule has 0 aliphatic rings. The molecule has 0 saturated carbocycles. The molecule has 1 unspecified atom stereocenters. The standard InChI is InChI=1S/C32H47N3O5/c1-4-5-6-7-8-9-10-11-12-13-14-15-16-17-18-19-20-21-22-23-29(36)33-26-27-34-32(39)28(2)35-30(37)24-25-31(38)40-3/h5-6,8-9,11-12,14-15,17-18,20-21,24-25,28H,4,7,10,13,16,19,22-23,26-27H2,1-3H3,(H,33,36)(H,34,39)(H,35,37). The van der Waals surface area contributed by atoms with E-state index in [0.29, 0.717) is 12.8 Å². The maximum absolute atomic E-state index is 12.0. The number of carbonyl (C=O) groups is 4. The van der Waals surface area contributed by atoms with Gasteiger partial charge < -0.3 is 20.7 Å². The van der Waals surface area contributed by atoms with Gasteiger partial charge in [-0.1, -0.05) is 79.8 Å². The first-order valence-electron chi connectivity index (χ1n) is 13.9. The van der Waals surface area contributed by atoms with Crippen LogP contribution in [0.2, 0.25) is 0 Å². The van der Waals surface area contributed by atoms with Crippen LogP contribution >= 0.6 is 0 Å². The minimum absolute atomic E-state index is 0.0944. The van der Waals surface area contributed by atoms with Gasteiger partial charge in [0.25, 0.3) is 0 Å². The number of hydrogen-bond donors (Lipinski definition) is 3. The Bertz CT molecular complexity index is 942. The highest BCUT2D eigenvalue weighted by atomic mass is 16.5. The summed E-state index contributed by atoms with van der Waals surface area (Å²) < 4.78 is 4.39. The first-order valence-corrected chi connectivity index (χ1v) is 13.9. The lowest BCUT2D eigenvalue weighted by atomic mass is 10.2. The van der Waals surface area contributed by atoms with Crippen LogP contribution in [0.15, 0.2) is 85.1 Å². The van der Waals surface area contributed by atoms with Crippen LogP contribution in [0, 0.1) is 0 Å². The maximum atomic E-state index is 12.0. The van der Waals surface area contributed by atoms with Gasteiger partial charge in [-0.05, 0) is 51.9 Å². The van der Waals surface area contributed by atoms with Gasteiger partial charge in [0.15, 0.2) is 0 Å². The van der Waals surface area contributed by atoms with Crippen LogP contribution < -0.4 is 16.0 Å². The molecule has 0 spiro atoms. The lowest BCUT2D eigenvalue weighted by Gasteiger charge is -2.13. The minimum Gasteiger partial charge on any atom is -0.466 e. The van der Waals surface area contributed by atoms with Gasteiger partial charge in [-0.25, -0.2) is 4.79 Å². The molecule has 3 amide bonds. The summed E-state index contributed by atoms with van der Waals surface area (Å²) in [5.74, 6) is -1.74. The molecule has 0 aromatic carbocycles. The normalized spacial score (nSPS) is 13.0. The molecule has 0 rings (SSSR count). The van der Waals surface area contributed by atoms with Crippen molar-refractivity contribution in [3.63, 3.8) is 0 Å². The number of amides is 3. The van der Waals surface area contributed by atoms with E-state index >= 15 is 0 Å². The van der Waals surface area contributed by atoms with Crippen molar-refractivity contribution in [1.82, 2.24) is 16.0 Å². The quantitative estimate of drug-likeness (QED) is 0.0807. The van der Waals surface area contributed by atoms with Crippen molar-refractivity contribution in [2.75, 3.05) is 20.2 Å². The number of carbonyl (C=O) groups excluding carboxylic acids is 4. The van der Waals surface area contributed by atoms with E-state index in [2.05, 4.69) is 88.4 Å². The predicted octanol–water partition coefficient (Wildman–Crippen LogP) is 4.93. The highest BCUT2D eigenvalue weighted by Gasteiger charge is 2.13. The third-order valence-electron chi connectivity index (χ3n) is 5.21. The number of nitrogens with one attached hydrogen (secondary N) is 3. The third kappa shape index (κ3) is 24.4. The largest absolute Gasteiger partial charge is 0.466 e. The number of rotatable bonds is 21. The van der Waals surface area contributed by atoms with E-state index in [1.54, 1.807) is 0 Å². The molecular formula is C32H47N3O5. The molecule has 8 nitrogen and oxygen atoms in total. The van der Waals surface area contributed by atoms with Gasteiger partial charge in [0.1, 0.15) is 6.04 Å². The summed E-state index contributed by atoms with van der Waals surface area (Å²) in [7, 11) is 1.20. The Labute approximate surface area is 240 Å². The second-order valence-corrected chi connectivity index (χ2v) is 8.68. The molecule has 0 aliphatic heterocycles. The van der Waals surface area contributed by atoms with E-state index in [1.165, 1.54) is 14.0 Å². The smallest absolute Gasteiger partial charge is 0.330 e. The second kappa shape index (κ2) is 26.7. The van der Waals surface area contributed by atoms with E-state index < -0.39 is 23.8 Å². The average Bonchev–Trinajstić information content (AvgIpc) is 2.95. The Hall–Kier alpha value is -3.94. The van der Waals surface area contributed by atoms with E-state index in [-0.39, 0.29) is 19.0 Å². The van der Waals surface area contributed by atoms with Crippen molar-refractivity contribution in [2.24, 2.45) is 0 Å². The van der Waals surface area contributed by atoms with Crippen molar-refractivity contribution in [1.29, 1.82) is 0 Å². The summed E-state index contributed by atoms with van der Waals surface area (Å²) in [6.45, 7) is 4.18. The molecule has 40 heavy (non-hydrogen) atoms. The molecule has 0 heterocycles. The second-order valence-electron chi connectivity index (χ2n) is 8.68. The van der Waals surface area contributed by atoms with Crippen LogP contribution in [-0.2, 0) is 23.9 Å². The molecule has 8 heteroatoms. The van der Waals surface area contributed by atoms with Gasteiger partial charge in [0, 0.05) is 31.7 Å². The molecule has 0 bridgehead atoms. The van der Waals surface area contributed by atoms with E-state index in [9.17, 15) is 19.2 Å². The van der Waals surface area contributed by atoms with Crippen molar-refractivity contribution in [3.05, 3.63) is 85.1 Å². The van der Waals surface area contributed by atoms with Crippen LogP contribution in [0.25, 0.3) is 0 Å². The Balaban J connectivity index is 3.79. The molecule has 0 aliphatic carbocycles. The summed E-state index contributed by atoms with van der Waals surface area (Å²) in [4.78, 5) is 46.5. The Morgan fingerprint density at radius 1 is 0.675 bits per heavy atom. The van der Waals surface area contributed by atoms with Crippen LogP contribution in [0.4, 0.5) is 0 Å². The highest BCUT2D eigenvalue weighted by molar-refractivity contribution is 5.96. The van der Waals surface area contributed by atoms with Crippen LogP contribution in [-0.4, -0.2) is 49.9 Å². The Kier molecular flexibility index (Phi) is 24.0.